The summed E-state index contributed by atoms with van der Waals surface area (Å²) in [5.41, 5.74) is 0.0671. The summed E-state index contributed by atoms with van der Waals surface area (Å²) in [4.78, 5) is 0. The average molecular weight is 129 g/mol. The van der Waals surface area contributed by atoms with Gasteiger partial charge in [-0.3, -0.25) is 0 Å². The summed E-state index contributed by atoms with van der Waals surface area (Å²) < 4.78 is 12.1. The van der Waals surface area contributed by atoms with E-state index in [1.165, 1.54) is 6.08 Å². The van der Waals surface area contributed by atoms with Crippen molar-refractivity contribution in [1.29, 1.82) is 0 Å². The molecule has 0 rings (SSSR count). The molecule has 0 radical (unpaired) electrons. The van der Waals surface area contributed by atoms with Crippen LogP contribution < -0.4 is 5.84 Å². The highest BCUT2D eigenvalue weighted by Crippen LogP contribution is 2.09. The molecule has 50 valence electrons. The zero-order chi connectivity index (χ0) is 7.28. The molecule has 2 N–H and O–H groups in total. The van der Waals surface area contributed by atoms with E-state index in [0.717, 1.165) is 0 Å². The molecule has 0 bridgehead atoms. The van der Waals surface area contributed by atoms with E-state index >= 15 is 0 Å². The normalized spacial score (nSPS) is 12.4. The van der Waals surface area contributed by atoms with Gasteiger partial charge in [-0.25, -0.2) is 4.39 Å². The van der Waals surface area contributed by atoms with Crippen molar-refractivity contribution in [3.05, 3.63) is 24.2 Å². The zero-order valence-electron chi connectivity index (χ0n) is 5.13. The maximum atomic E-state index is 12.1. The van der Waals surface area contributed by atoms with Crippen LogP contribution >= 0.6 is 0 Å². The van der Waals surface area contributed by atoms with Crippen LogP contribution in [0.15, 0.2) is 34.5 Å². The summed E-state index contributed by atoms with van der Waals surface area (Å²) in [5.74, 6) is 4.02. The predicted octanol–water partition coefficient (Wildman–Crippen LogP) is 1.70. The molecule has 0 atom stereocenters. The van der Waals surface area contributed by atoms with Gasteiger partial charge in [-0.2, -0.15) is 0 Å². The third kappa shape index (κ3) is 2.58. The third-order valence-electron chi connectivity index (χ3n) is 0.717. The second-order valence-electron chi connectivity index (χ2n) is 1.29. The Morgan fingerprint density at radius 1 is 1.78 bits per heavy atom. The summed E-state index contributed by atoms with van der Waals surface area (Å²) in [7, 11) is 0. The average Bonchev–Trinajstić information content (AvgIpc) is 1.82. The Labute approximate surface area is 52.7 Å². The van der Waals surface area contributed by atoms with E-state index in [2.05, 4.69) is 22.8 Å². The van der Waals surface area contributed by atoms with Crippen LogP contribution in [0.5, 0.6) is 0 Å². The van der Waals surface area contributed by atoms with Gasteiger partial charge in [0.15, 0.2) is 0 Å². The fourth-order valence-corrected chi connectivity index (χ4v) is 0.331. The molecule has 0 saturated heterocycles. The molecule has 3 nitrogen and oxygen atoms in total. The topological polar surface area (TPSA) is 50.7 Å². The van der Waals surface area contributed by atoms with Crippen LogP contribution in [-0.2, 0) is 0 Å². The first-order valence-corrected chi connectivity index (χ1v) is 2.34. The van der Waals surface area contributed by atoms with E-state index in [-0.39, 0.29) is 5.70 Å². The van der Waals surface area contributed by atoms with E-state index in [0.29, 0.717) is 0 Å². The quantitative estimate of drug-likeness (QED) is 0.262. The van der Waals surface area contributed by atoms with Crippen LogP contribution in [0.2, 0.25) is 0 Å². The minimum absolute atomic E-state index is 0.0671. The summed E-state index contributed by atoms with van der Waals surface area (Å²) in [6, 6.07) is 0. The van der Waals surface area contributed by atoms with E-state index in [9.17, 15) is 4.39 Å². The summed E-state index contributed by atoms with van der Waals surface area (Å²) in [6.45, 7) is 4.62. The van der Waals surface area contributed by atoms with Gasteiger partial charge in [0, 0.05) is 0 Å². The van der Waals surface area contributed by atoms with Crippen LogP contribution in [0, 0.1) is 0 Å². The van der Waals surface area contributed by atoms with Gasteiger partial charge in [-0.1, -0.05) is 17.9 Å². The Bertz CT molecular complexity index is 160. The van der Waals surface area contributed by atoms with Crippen LogP contribution in [0.1, 0.15) is 6.92 Å². The van der Waals surface area contributed by atoms with Crippen LogP contribution in [0.25, 0.3) is 0 Å². The van der Waals surface area contributed by atoms with Crippen molar-refractivity contribution < 1.29 is 4.39 Å². The molecule has 0 heterocycles. The minimum atomic E-state index is -0.633. The van der Waals surface area contributed by atoms with Crippen LogP contribution in [0.4, 0.5) is 4.39 Å². The number of allylic oxidation sites excluding steroid dienone is 2. The van der Waals surface area contributed by atoms with Gasteiger partial charge in [0.1, 0.15) is 11.5 Å². The molecule has 0 unspecified atom stereocenters. The summed E-state index contributed by atoms with van der Waals surface area (Å²) in [5, 5.41) is 6.12. The number of hydrogen-bond acceptors (Lipinski definition) is 2. The van der Waals surface area contributed by atoms with Crippen LogP contribution in [0.3, 0.4) is 0 Å². The van der Waals surface area contributed by atoms with Crippen molar-refractivity contribution in [1.82, 2.24) is 0 Å². The Morgan fingerprint density at radius 2 is 2.33 bits per heavy atom. The number of halogens is 1. The summed E-state index contributed by atoms with van der Waals surface area (Å²) in [6.07, 6.45) is 1.43. The van der Waals surface area contributed by atoms with Crippen molar-refractivity contribution >= 4 is 0 Å². The highest BCUT2D eigenvalue weighted by molar-refractivity contribution is 5.18. The molecular weight excluding hydrogens is 121 g/mol. The lowest BCUT2D eigenvalue weighted by atomic mass is 10.4. The highest BCUT2D eigenvalue weighted by atomic mass is 19.1. The third-order valence-corrected chi connectivity index (χ3v) is 0.717. The highest BCUT2D eigenvalue weighted by Gasteiger charge is 1.95. The Hall–Kier alpha value is -1.19. The SMILES string of the molecule is C=C(F)/C(=C\C)N=NN. The first-order valence-electron chi connectivity index (χ1n) is 2.34. The molecule has 9 heavy (non-hydrogen) atoms. The number of nitrogens with zero attached hydrogens (tertiary/aromatic N) is 2. The minimum Gasteiger partial charge on any atom is -0.305 e. The fraction of sp³-hybridized carbons (Fsp3) is 0.200. The summed E-state index contributed by atoms with van der Waals surface area (Å²) >= 11 is 0. The van der Waals surface area contributed by atoms with Gasteiger partial charge in [0.2, 0.25) is 0 Å². The first kappa shape index (κ1) is 7.81. The second-order valence-corrected chi connectivity index (χ2v) is 1.29. The standard InChI is InChI=1S/C5H8FN3/c1-3-5(4(2)6)8-9-7/h3H,2H2,1H3,(H2,7,8)/b5-3+. The molecule has 0 spiro atoms. The van der Waals surface area contributed by atoms with Crippen molar-refractivity contribution in [2.45, 2.75) is 6.92 Å². The molecule has 0 aromatic rings. The second kappa shape index (κ2) is 3.77. The van der Waals surface area contributed by atoms with E-state index < -0.39 is 5.83 Å². The number of nitrogens with two attached hydrogens (primary N) is 1. The monoisotopic (exact) mass is 129 g/mol. The molecule has 4 heteroatoms. The van der Waals surface area contributed by atoms with Gasteiger partial charge >= 0.3 is 0 Å². The van der Waals surface area contributed by atoms with Gasteiger partial charge in [-0.05, 0) is 6.92 Å². The number of hydrogen-bond donors (Lipinski definition) is 1. The Morgan fingerprint density at radius 3 is 2.44 bits per heavy atom. The van der Waals surface area contributed by atoms with Gasteiger partial charge < -0.3 is 5.84 Å². The van der Waals surface area contributed by atoms with Gasteiger partial charge in [-0.15, -0.1) is 5.11 Å². The van der Waals surface area contributed by atoms with Gasteiger partial charge in [0.05, 0.1) is 0 Å². The van der Waals surface area contributed by atoms with Gasteiger partial charge in [0.25, 0.3) is 0 Å². The molecule has 0 aliphatic carbocycles. The lowest BCUT2D eigenvalue weighted by molar-refractivity contribution is 0.647. The first-order chi connectivity index (χ1) is 4.22. The maximum absolute atomic E-state index is 12.1. The largest absolute Gasteiger partial charge is 0.305 e. The molecule has 0 fully saturated rings. The number of rotatable bonds is 2. The predicted molar refractivity (Wildman–Crippen MR) is 33.0 cm³/mol. The smallest absolute Gasteiger partial charge is 0.143 e. The van der Waals surface area contributed by atoms with Crippen LogP contribution in [-0.4, -0.2) is 0 Å². The van der Waals surface area contributed by atoms with Crippen molar-refractivity contribution in [3.8, 4) is 0 Å². The Kier molecular flexibility index (Phi) is 3.27. The maximum Gasteiger partial charge on any atom is 0.143 e. The molecule has 0 aliphatic heterocycles. The molecule has 0 amide bonds. The lowest BCUT2D eigenvalue weighted by Crippen LogP contribution is -1.79. The molecule has 0 aliphatic rings. The molecule has 0 saturated carbocycles. The molecule has 0 aromatic heterocycles. The van der Waals surface area contributed by atoms with E-state index in [4.69, 9.17) is 0 Å². The van der Waals surface area contributed by atoms with Crippen molar-refractivity contribution in [3.63, 3.8) is 0 Å². The lowest BCUT2D eigenvalue weighted by Gasteiger charge is -1.88. The zero-order valence-corrected chi connectivity index (χ0v) is 5.13. The van der Waals surface area contributed by atoms with E-state index in [1.54, 1.807) is 6.92 Å². The van der Waals surface area contributed by atoms with Crippen molar-refractivity contribution in [2.24, 2.45) is 16.2 Å². The fourth-order valence-electron chi connectivity index (χ4n) is 0.331. The molecule has 0 aromatic carbocycles. The Balaban J connectivity index is 4.19. The van der Waals surface area contributed by atoms with E-state index in [1.807, 2.05) is 0 Å². The van der Waals surface area contributed by atoms with Crippen molar-refractivity contribution in [2.75, 3.05) is 0 Å². The molecular formula is C5H8FN3.